The van der Waals surface area contributed by atoms with Gasteiger partial charge in [-0.05, 0) is 37.6 Å². The summed E-state index contributed by atoms with van der Waals surface area (Å²) in [7, 11) is 1.59. The summed E-state index contributed by atoms with van der Waals surface area (Å²) in [6.45, 7) is 7.63. The van der Waals surface area contributed by atoms with Gasteiger partial charge in [0.25, 0.3) is 11.5 Å². The summed E-state index contributed by atoms with van der Waals surface area (Å²) in [4.78, 5) is 62.9. The number of amides is 3. The monoisotopic (exact) mass is 759 g/mol. The fourth-order valence-corrected chi connectivity index (χ4v) is 4.56. The molecule has 3 rings (SSSR count). The Morgan fingerprint density at radius 1 is 0.778 bits per heavy atom. The van der Waals surface area contributed by atoms with Crippen LogP contribution in [0.3, 0.4) is 0 Å². The lowest BCUT2D eigenvalue weighted by atomic mass is 10.1. The van der Waals surface area contributed by atoms with Crippen LogP contribution in [0, 0.1) is 0 Å². The largest absolute Gasteiger partial charge is 0.379 e. The van der Waals surface area contributed by atoms with Crippen molar-refractivity contribution in [3.63, 3.8) is 0 Å². The number of rotatable bonds is 29. The number of nitrogens with two attached hydrogens (primary N) is 1. The van der Waals surface area contributed by atoms with Crippen molar-refractivity contribution in [3.05, 3.63) is 52.1 Å². The number of aromatic nitrogens is 4. The Morgan fingerprint density at radius 2 is 1.35 bits per heavy atom. The van der Waals surface area contributed by atoms with E-state index >= 15 is 0 Å². The normalized spacial score (nSPS) is 11.7. The van der Waals surface area contributed by atoms with Gasteiger partial charge in [-0.25, -0.2) is 9.97 Å². The van der Waals surface area contributed by atoms with Crippen molar-refractivity contribution in [2.45, 2.75) is 38.8 Å². The summed E-state index contributed by atoms with van der Waals surface area (Å²) in [5.41, 5.74) is 7.11. The van der Waals surface area contributed by atoms with Crippen molar-refractivity contribution in [2.24, 2.45) is 0 Å². The van der Waals surface area contributed by atoms with Crippen LogP contribution in [0.25, 0.3) is 11.2 Å². The van der Waals surface area contributed by atoms with Crippen LogP contribution in [0.2, 0.25) is 0 Å². The van der Waals surface area contributed by atoms with E-state index in [9.17, 15) is 19.2 Å². The first-order valence-corrected chi connectivity index (χ1v) is 17.8. The summed E-state index contributed by atoms with van der Waals surface area (Å²) in [6.07, 6.45) is 2.59. The van der Waals surface area contributed by atoms with Crippen molar-refractivity contribution < 1.29 is 42.8 Å². The van der Waals surface area contributed by atoms with Gasteiger partial charge < -0.3 is 55.4 Å². The molecular weight excluding hydrogens is 706 g/mol. The third-order valence-corrected chi connectivity index (χ3v) is 7.47. The summed E-state index contributed by atoms with van der Waals surface area (Å²) in [5, 5.41) is 11.4. The average molecular weight is 760 g/mol. The Balaban J connectivity index is 1.10. The molecule has 7 N–H and O–H groups in total. The molecule has 0 saturated carbocycles. The van der Waals surface area contributed by atoms with Gasteiger partial charge >= 0.3 is 0 Å². The zero-order chi connectivity index (χ0) is 38.8. The Hall–Kier alpha value is -4.79. The molecule has 2 heterocycles. The van der Waals surface area contributed by atoms with Gasteiger partial charge in [-0.2, -0.15) is 4.98 Å². The molecule has 0 radical (unpaired) electrons. The molecule has 298 valence electrons. The smallest absolute Gasteiger partial charge is 0.280 e. The van der Waals surface area contributed by atoms with Crippen molar-refractivity contribution >= 4 is 40.5 Å². The van der Waals surface area contributed by atoms with Crippen molar-refractivity contribution in [3.8, 4) is 0 Å². The maximum atomic E-state index is 12.7. The molecular formula is C35H53N9O10. The highest BCUT2D eigenvalue weighted by Crippen LogP contribution is 2.12. The maximum Gasteiger partial charge on any atom is 0.280 e. The summed E-state index contributed by atoms with van der Waals surface area (Å²) >= 11 is 0. The van der Waals surface area contributed by atoms with Gasteiger partial charge in [0.05, 0.1) is 97.7 Å². The minimum absolute atomic E-state index is 0.0253. The van der Waals surface area contributed by atoms with E-state index in [-0.39, 0.29) is 47.3 Å². The molecule has 0 unspecified atom stereocenters. The van der Waals surface area contributed by atoms with Crippen LogP contribution in [-0.2, 0) is 44.6 Å². The van der Waals surface area contributed by atoms with Crippen LogP contribution >= 0.6 is 0 Å². The number of ether oxygens (including phenoxy) is 6. The molecule has 19 nitrogen and oxygen atoms in total. The Morgan fingerprint density at radius 3 is 1.94 bits per heavy atom. The van der Waals surface area contributed by atoms with Crippen LogP contribution < -0.4 is 32.6 Å². The van der Waals surface area contributed by atoms with Crippen LogP contribution in [0.1, 0.15) is 42.2 Å². The Kier molecular flexibility index (Phi) is 21.0. The fraction of sp³-hybridized carbons (Fsp3) is 0.571. The minimum atomic E-state index is -0.463. The van der Waals surface area contributed by atoms with E-state index < -0.39 is 5.56 Å². The molecule has 0 aliphatic carbocycles. The number of aromatic amines is 1. The molecule has 0 spiro atoms. The molecule has 0 fully saturated rings. The fourth-order valence-electron chi connectivity index (χ4n) is 4.56. The number of benzene rings is 1. The lowest BCUT2D eigenvalue weighted by Crippen LogP contribution is -2.34. The summed E-state index contributed by atoms with van der Waals surface area (Å²) in [5.74, 6) is -0.446. The summed E-state index contributed by atoms with van der Waals surface area (Å²) < 4.78 is 32.5. The number of H-pyrrole nitrogens is 1. The van der Waals surface area contributed by atoms with E-state index in [0.717, 1.165) is 5.69 Å². The molecule has 3 amide bonds. The number of anilines is 2. The van der Waals surface area contributed by atoms with Crippen molar-refractivity contribution in [1.82, 2.24) is 35.9 Å². The third kappa shape index (κ3) is 18.3. The van der Waals surface area contributed by atoms with Gasteiger partial charge in [-0.3, -0.25) is 24.2 Å². The van der Waals surface area contributed by atoms with Gasteiger partial charge in [0.15, 0.2) is 11.2 Å². The predicted octanol–water partition coefficient (Wildman–Crippen LogP) is 0.158. The van der Waals surface area contributed by atoms with Crippen molar-refractivity contribution in [2.75, 3.05) is 104 Å². The van der Waals surface area contributed by atoms with E-state index in [2.05, 4.69) is 41.2 Å². The van der Waals surface area contributed by atoms with E-state index in [1.165, 1.54) is 6.20 Å². The zero-order valence-electron chi connectivity index (χ0n) is 31.0. The number of carbonyl (C=O) groups is 3. The quantitative estimate of drug-likeness (QED) is 0.0516. The average Bonchev–Trinajstić information content (AvgIpc) is 3.16. The molecule has 1 aromatic carbocycles. The number of hydrogen-bond donors (Lipinski definition) is 6. The van der Waals surface area contributed by atoms with Gasteiger partial charge in [0.1, 0.15) is 0 Å². The highest BCUT2D eigenvalue weighted by atomic mass is 16.6. The number of nitrogens with one attached hydrogen (secondary N) is 5. The molecule has 0 aliphatic rings. The van der Waals surface area contributed by atoms with Gasteiger partial charge in [-0.1, -0.05) is 0 Å². The van der Waals surface area contributed by atoms with Crippen LogP contribution in [0.15, 0.2) is 35.3 Å². The van der Waals surface area contributed by atoms with Gasteiger partial charge in [-0.15, -0.1) is 0 Å². The highest BCUT2D eigenvalue weighted by Gasteiger charge is 2.12. The minimum Gasteiger partial charge on any atom is -0.379 e. The molecule has 0 saturated heterocycles. The molecule has 54 heavy (non-hydrogen) atoms. The number of fused-ring (bicyclic) bond motifs is 1. The number of carbonyl (C=O) groups excluding carboxylic acids is 3. The molecule has 0 bridgehead atoms. The standard InChI is InChI=1S/C35H53N9O10/c1-25(41-33(47)26-4-6-27(7-5-26)39-23-28-24-40-32-31(42-28)34(48)44-35(36)43-32)3-8-30(46)38-10-12-50-14-16-52-18-20-54-22-21-53-19-17-51-15-13-49-11-9-29(45)37-2/h4-7,24-25,39H,3,8-23H2,1-2H3,(H,37,45)(H,38,46)(H,41,47)(H3,36,40,43,44,48)/t25-/m1/s1. The van der Waals surface area contributed by atoms with Crippen LogP contribution in [-0.4, -0.2) is 137 Å². The topological polar surface area (TPSA) is 252 Å². The Bertz CT molecular complexity index is 1610. The van der Waals surface area contributed by atoms with Crippen molar-refractivity contribution in [1.29, 1.82) is 0 Å². The highest BCUT2D eigenvalue weighted by molar-refractivity contribution is 5.94. The van der Waals surface area contributed by atoms with Gasteiger partial charge in [0.2, 0.25) is 17.8 Å². The second-order valence-electron chi connectivity index (χ2n) is 11.8. The number of nitrogen functional groups attached to an aromatic ring is 1. The lowest BCUT2D eigenvalue weighted by molar-refractivity contribution is -0.122. The first kappa shape index (κ1) is 43.6. The predicted molar refractivity (Wildman–Crippen MR) is 199 cm³/mol. The number of hydrogen-bond acceptors (Lipinski definition) is 15. The van der Waals surface area contributed by atoms with Crippen LogP contribution in [0.5, 0.6) is 0 Å². The first-order chi connectivity index (χ1) is 26.2. The lowest BCUT2D eigenvalue weighted by Gasteiger charge is -2.14. The molecule has 1 atom stereocenters. The van der Waals surface area contributed by atoms with E-state index in [4.69, 9.17) is 34.2 Å². The number of nitrogens with zero attached hydrogens (tertiary/aromatic N) is 3. The third-order valence-electron chi connectivity index (χ3n) is 7.47. The molecule has 2 aromatic heterocycles. The molecule has 3 aromatic rings. The van der Waals surface area contributed by atoms with Gasteiger partial charge in [0, 0.05) is 43.7 Å². The Labute approximate surface area is 313 Å². The first-order valence-electron chi connectivity index (χ1n) is 17.8. The van der Waals surface area contributed by atoms with E-state index in [0.29, 0.717) is 116 Å². The zero-order valence-corrected chi connectivity index (χ0v) is 31.0. The molecule has 0 aliphatic heterocycles. The van der Waals surface area contributed by atoms with Crippen LogP contribution in [0.4, 0.5) is 11.6 Å². The van der Waals surface area contributed by atoms with E-state index in [1.54, 1.807) is 31.3 Å². The van der Waals surface area contributed by atoms with E-state index in [1.807, 2.05) is 6.92 Å². The second kappa shape index (κ2) is 26.1. The molecule has 19 heteroatoms. The second-order valence-corrected chi connectivity index (χ2v) is 11.8. The summed E-state index contributed by atoms with van der Waals surface area (Å²) in [6, 6.07) is 6.70. The SMILES string of the molecule is CNC(=O)CCOCCOCCOCCOCCOCCOCCNC(=O)CC[C@@H](C)NC(=O)c1ccc(NCc2cnc3nc(N)[nH]c(=O)c3n2)cc1. The maximum absolute atomic E-state index is 12.7.